The Morgan fingerprint density at radius 1 is 1.38 bits per heavy atom. The number of ether oxygens (including phenoxy) is 1. The van der Waals surface area contributed by atoms with Crippen LogP contribution in [0.25, 0.3) is 0 Å². The maximum Gasteiger partial charge on any atom is 0.119 e. The van der Waals surface area contributed by atoms with Crippen molar-refractivity contribution in [3.8, 4) is 5.75 Å². The lowest BCUT2D eigenvalue weighted by Crippen LogP contribution is -2.19. The molecule has 1 saturated carbocycles. The molecule has 1 aliphatic heterocycles. The van der Waals surface area contributed by atoms with Crippen LogP contribution in [-0.2, 0) is 5.41 Å². The predicted octanol–water partition coefficient (Wildman–Crippen LogP) is 3.18. The van der Waals surface area contributed by atoms with Crippen molar-refractivity contribution in [3.63, 3.8) is 0 Å². The van der Waals surface area contributed by atoms with Gasteiger partial charge in [-0.2, -0.15) is 0 Å². The molecule has 0 saturated heterocycles. The third-order valence-corrected chi connectivity index (χ3v) is 3.62. The largest absolute Gasteiger partial charge is 0.493 e. The van der Waals surface area contributed by atoms with E-state index in [1.807, 2.05) is 0 Å². The zero-order valence-corrected chi connectivity index (χ0v) is 10.0. The molecule has 0 radical (unpaired) electrons. The highest BCUT2D eigenvalue weighted by Gasteiger charge is 2.30. The number of anilines is 1. The van der Waals surface area contributed by atoms with E-state index in [1.54, 1.807) is 0 Å². The molecule has 1 N–H and O–H groups in total. The van der Waals surface area contributed by atoms with Gasteiger partial charge in [-0.05, 0) is 42.5 Å². The molecule has 0 amide bonds. The predicted molar refractivity (Wildman–Crippen MR) is 66.2 cm³/mol. The third-order valence-electron chi connectivity index (χ3n) is 3.62. The molecular weight excluding hydrogens is 198 g/mol. The summed E-state index contributed by atoms with van der Waals surface area (Å²) in [6.45, 7) is 6.47. The highest BCUT2D eigenvalue weighted by Crippen LogP contribution is 2.38. The first-order valence-electron chi connectivity index (χ1n) is 6.16. The average molecular weight is 217 g/mol. The van der Waals surface area contributed by atoms with Gasteiger partial charge in [0.25, 0.3) is 0 Å². The molecule has 0 atom stereocenters. The van der Waals surface area contributed by atoms with Crippen molar-refractivity contribution in [1.82, 2.24) is 0 Å². The SMILES string of the molecule is CC1(C)CNc2ccc(OCC3CC3)cc21. The normalized spacial score (nSPS) is 21.4. The number of rotatable bonds is 3. The summed E-state index contributed by atoms with van der Waals surface area (Å²) >= 11 is 0. The fourth-order valence-electron chi connectivity index (χ4n) is 2.24. The Labute approximate surface area is 97.0 Å². The van der Waals surface area contributed by atoms with E-state index in [0.29, 0.717) is 0 Å². The summed E-state index contributed by atoms with van der Waals surface area (Å²) < 4.78 is 5.82. The molecule has 1 aromatic rings. The summed E-state index contributed by atoms with van der Waals surface area (Å²) in [5.41, 5.74) is 2.89. The van der Waals surface area contributed by atoms with Gasteiger partial charge in [0, 0.05) is 17.6 Å². The van der Waals surface area contributed by atoms with E-state index in [9.17, 15) is 0 Å². The summed E-state index contributed by atoms with van der Waals surface area (Å²) in [6, 6.07) is 6.43. The van der Waals surface area contributed by atoms with Gasteiger partial charge in [0.2, 0.25) is 0 Å². The first kappa shape index (κ1) is 10.0. The van der Waals surface area contributed by atoms with Crippen LogP contribution in [-0.4, -0.2) is 13.2 Å². The summed E-state index contributed by atoms with van der Waals surface area (Å²) in [4.78, 5) is 0. The monoisotopic (exact) mass is 217 g/mol. The summed E-state index contributed by atoms with van der Waals surface area (Å²) in [5, 5.41) is 3.44. The molecule has 0 bridgehead atoms. The molecule has 0 spiro atoms. The minimum atomic E-state index is 0.230. The van der Waals surface area contributed by atoms with E-state index in [4.69, 9.17) is 4.74 Å². The van der Waals surface area contributed by atoms with Crippen LogP contribution in [0.3, 0.4) is 0 Å². The van der Waals surface area contributed by atoms with E-state index < -0.39 is 0 Å². The lowest BCUT2D eigenvalue weighted by Gasteiger charge is -2.17. The molecule has 0 unspecified atom stereocenters. The van der Waals surface area contributed by atoms with Crippen LogP contribution >= 0.6 is 0 Å². The van der Waals surface area contributed by atoms with Crippen molar-refractivity contribution in [2.45, 2.75) is 32.1 Å². The van der Waals surface area contributed by atoms with Crippen LogP contribution in [0, 0.1) is 5.92 Å². The van der Waals surface area contributed by atoms with Crippen molar-refractivity contribution in [2.75, 3.05) is 18.5 Å². The zero-order chi connectivity index (χ0) is 11.2. The van der Waals surface area contributed by atoms with Gasteiger partial charge in [-0.3, -0.25) is 0 Å². The summed E-state index contributed by atoms with van der Waals surface area (Å²) in [5.74, 6) is 1.85. The third kappa shape index (κ3) is 1.77. The Kier molecular flexibility index (Phi) is 2.13. The van der Waals surface area contributed by atoms with Crippen LogP contribution in [0.5, 0.6) is 5.75 Å². The summed E-state index contributed by atoms with van der Waals surface area (Å²) in [7, 11) is 0. The number of fused-ring (bicyclic) bond motifs is 1. The molecule has 1 heterocycles. The van der Waals surface area contributed by atoms with Crippen LogP contribution in [0.2, 0.25) is 0 Å². The fraction of sp³-hybridized carbons (Fsp3) is 0.571. The smallest absolute Gasteiger partial charge is 0.119 e. The number of nitrogens with one attached hydrogen (secondary N) is 1. The molecule has 1 aliphatic carbocycles. The number of benzene rings is 1. The Hall–Kier alpha value is -1.18. The Morgan fingerprint density at radius 2 is 2.19 bits per heavy atom. The molecule has 86 valence electrons. The minimum Gasteiger partial charge on any atom is -0.493 e. The van der Waals surface area contributed by atoms with E-state index in [-0.39, 0.29) is 5.41 Å². The van der Waals surface area contributed by atoms with Crippen molar-refractivity contribution < 1.29 is 4.74 Å². The fourth-order valence-corrected chi connectivity index (χ4v) is 2.24. The molecule has 1 aromatic carbocycles. The zero-order valence-electron chi connectivity index (χ0n) is 10.0. The number of hydrogen-bond acceptors (Lipinski definition) is 2. The molecule has 1 fully saturated rings. The van der Waals surface area contributed by atoms with Gasteiger partial charge in [0.1, 0.15) is 5.75 Å². The summed E-state index contributed by atoms with van der Waals surface area (Å²) in [6.07, 6.45) is 2.69. The van der Waals surface area contributed by atoms with E-state index in [2.05, 4.69) is 37.4 Å². The molecule has 2 nitrogen and oxygen atoms in total. The van der Waals surface area contributed by atoms with Gasteiger partial charge >= 0.3 is 0 Å². The quantitative estimate of drug-likeness (QED) is 0.839. The van der Waals surface area contributed by atoms with Crippen molar-refractivity contribution in [1.29, 1.82) is 0 Å². The van der Waals surface area contributed by atoms with Crippen LogP contribution < -0.4 is 10.1 Å². The van der Waals surface area contributed by atoms with Crippen molar-refractivity contribution in [2.24, 2.45) is 5.92 Å². The molecule has 0 aromatic heterocycles. The van der Waals surface area contributed by atoms with Crippen LogP contribution in [0.1, 0.15) is 32.3 Å². The van der Waals surface area contributed by atoms with Gasteiger partial charge in [0.15, 0.2) is 0 Å². The second-order valence-corrected chi connectivity index (χ2v) is 5.70. The molecule has 16 heavy (non-hydrogen) atoms. The maximum absolute atomic E-state index is 5.82. The van der Waals surface area contributed by atoms with Crippen molar-refractivity contribution in [3.05, 3.63) is 23.8 Å². The highest BCUT2D eigenvalue weighted by molar-refractivity contribution is 5.61. The van der Waals surface area contributed by atoms with Crippen LogP contribution in [0.15, 0.2) is 18.2 Å². The molecule has 3 rings (SSSR count). The molecule has 2 heteroatoms. The lowest BCUT2D eigenvalue weighted by molar-refractivity contribution is 0.299. The second kappa shape index (κ2) is 3.41. The van der Waals surface area contributed by atoms with Gasteiger partial charge in [-0.15, -0.1) is 0 Å². The maximum atomic E-state index is 5.82. The lowest BCUT2D eigenvalue weighted by atomic mass is 9.87. The average Bonchev–Trinajstić information content (AvgIpc) is 3.03. The highest BCUT2D eigenvalue weighted by atomic mass is 16.5. The molecular formula is C14H19NO. The van der Waals surface area contributed by atoms with Gasteiger partial charge < -0.3 is 10.1 Å². The van der Waals surface area contributed by atoms with Gasteiger partial charge in [0.05, 0.1) is 6.61 Å². The first-order chi connectivity index (χ1) is 7.65. The number of hydrogen-bond donors (Lipinski definition) is 1. The Bertz CT molecular complexity index is 407. The van der Waals surface area contributed by atoms with Crippen LogP contribution in [0.4, 0.5) is 5.69 Å². The second-order valence-electron chi connectivity index (χ2n) is 5.70. The Morgan fingerprint density at radius 3 is 2.94 bits per heavy atom. The van der Waals surface area contributed by atoms with E-state index in [0.717, 1.165) is 24.8 Å². The Balaban J connectivity index is 1.80. The topological polar surface area (TPSA) is 21.3 Å². The standard InChI is InChI=1S/C14H19NO/c1-14(2)9-15-13-6-5-11(7-12(13)14)16-8-10-3-4-10/h5-7,10,15H,3-4,8-9H2,1-2H3. The minimum absolute atomic E-state index is 0.230. The van der Waals surface area contributed by atoms with E-state index >= 15 is 0 Å². The van der Waals surface area contributed by atoms with Crippen molar-refractivity contribution >= 4 is 5.69 Å². The first-order valence-corrected chi connectivity index (χ1v) is 6.16. The van der Waals surface area contributed by atoms with Gasteiger partial charge in [-0.25, -0.2) is 0 Å². The van der Waals surface area contributed by atoms with E-state index in [1.165, 1.54) is 24.1 Å². The molecule has 2 aliphatic rings. The van der Waals surface area contributed by atoms with Gasteiger partial charge in [-0.1, -0.05) is 13.8 Å².